The summed E-state index contributed by atoms with van der Waals surface area (Å²) in [5.74, 6) is -0.00526. The van der Waals surface area contributed by atoms with Crippen LogP contribution in [0.5, 0.6) is 0 Å². The molecule has 0 N–H and O–H groups in total. The highest BCUT2D eigenvalue weighted by atomic mass is 19.1. The Balaban J connectivity index is 1.64. The molecule has 2 heterocycles. The molecule has 4 rings (SSSR count). The van der Waals surface area contributed by atoms with Gasteiger partial charge in [-0.05, 0) is 60.4 Å². The number of benzene rings is 2. The molecule has 0 atom stereocenters. The van der Waals surface area contributed by atoms with Crippen molar-refractivity contribution < 1.29 is 13.9 Å². The molecule has 0 amide bonds. The summed E-state index contributed by atoms with van der Waals surface area (Å²) in [6, 6.07) is 12.4. The first-order valence-corrected chi connectivity index (χ1v) is 9.11. The Morgan fingerprint density at radius 3 is 2.89 bits per heavy atom. The van der Waals surface area contributed by atoms with Gasteiger partial charge in [-0.25, -0.2) is 19.2 Å². The van der Waals surface area contributed by atoms with Crippen LogP contribution in [0.1, 0.15) is 32.7 Å². The van der Waals surface area contributed by atoms with Crippen molar-refractivity contribution in [3.8, 4) is 0 Å². The zero-order chi connectivity index (χ0) is 19.7. The molecule has 2 aromatic carbocycles. The summed E-state index contributed by atoms with van der Waals surface area (Å²) in [5, 5.41) is 0. The summed E-state index contributed by atoms with van der Waals surface area (Å²) in [4.78, 5) is 23.1. The number of anilines is 2. The van der Waals surface area contributed by atoms with Gasteiger partial charge >= 0.3 is 5.97 Å². The molecule has 0 saturated carbocycles. The van der Waals surface area contributed by atoms with E-state index in [-0.39, 0.29) is 11.8 Å². The van der Waals surface area contributed by atoms with Crippen LogP contribution in [-0.2, 0) is 17.6 Å². The van der Waals surface area contributed by atoms with E-state index in [2.05, 4.69) is 9.97 Å². The molecular formula is C22H20FN3O2. The van der Waals surface area contributed by atoms with Crippen LogP contribution in [0.2, 0.25) is 0 Å². The highest BCUT2D eigenvalue weighted by Gasteiger charge is 2.27. The van der Waals surface area contributed by atoms with Gasteiger partial charge in [0.25, 0.3) is 0 Å². The fourth-order valence-electron chi connectivity index (χ4n) is 3.68. The van der Waals surface area contributed by atoms with Crippen molar-refractivity contribution in [1.82, 2.24) is 9.97 Å². The van der Waals surface area contributed by atoms with Gasteiger partial charge in [0, 0.05) is 24.8 Å². The maximum absolute atomic E-state index is 13.7. The zero-order valence-electron chi connectivity index (χ0n) is 15.8. The van der Waals surface area contributed by atoms with Crippen LogP contribution in [0.25, 0.3) is 0 Å². The molecule has 1 aliphatic heterocycles. The molecule has 28 heavy (non-hydrogen) atoms. The van der Waals surface area contributed by atoms with E-state index in [0.29, 0.717) is 24.5 Å². The predicted molar refractivity (Wildman–Crippen MR) is 104 cm³/mol. The average molecular weight is 377 g/mol. The summed E-state index contributed by atoms with van der Waals surface area (Å²) < 4.78 is 18.6. The second kappa shape index (κ2) is 7.38. The molecule has 1 aromatic heterocycles. The van der Waals surface area contributed by atoms with Crippen molar-refractivity contribution >= 4 is 17.6 Å². The van der Waals surface area contributed by atoms with E-state index in [0.717, 1.165) is 34.5 Å². The topological polar surface area (TPSA) is 55.3 Å². The predicted octanol–water partition coefficient (Wildman–Crippen LogP) is 4.00. The van der Waals surface area contributed by atoms with Gasteiger partial charge in [-0.1, -0.05) is 12.1 Å². The molecule has 0 saturated heterocycles. The monoisotopic (exact) mass is 377 g/mol. The number of aryl methyl sites for hydroxylation is 1. The average Bonchev–Trinajstić information content (AvgIpc) is 3.11. The number of carbonyl (C=O) groups is 1. The maximum atomic E-state index is 13.7. The van der Waals surface area contributed by atoms with Gasteiger partial charge in [0.1, 0.15) is 5.82 Å². The van der Waals surface area contributed by atoms with E-state index in [1.54, 1.807) is 12.3 Å². The normalized spacial score (nSPS) is 12.8. The Hall–Kier alpha value is -3.28. The largest absolute Gasteiger partial charge is 0.465 e. The van der Waals surface area contributed by atoms with Crippen LogP contribution in [0, 0.1) is 12.7 Å². The number of hydrogen-bond donors (Lipinski definition) is 0. The Kier molecular flexibility index (Phi) is 4.77. The molecule has 0 aliphatic carbocycles. The van der Waals surface area contributed by atoms with E-state index >= 15 is 0 Å². The number of nitrogens with zero attached hydrogens (tertiary/aromatic N) is 3. The third-order valence-corrected chi connectivity index (χ3v) is 4.86. The highest BCUT2D eigenvalue weighted by Crippen LogP contribution is 2.35. The van der Waals surface area contributed by atoms with E-state index in [1.807, 2.05) is 36.1 Å². The van der Waals surface area contributed by atoms with Crippen molar-refractivity contribution in [3.05, 3.63) is 82.4 Å². The van der Waals surface area contributed by atoms with Crippen molar-refractivity contribution in [2.24, 2.45) is 0 Å². The maximum Gasteiger partial charge on any atom is 0.338 e. The van der Waals surface area contributed by atoms with Gasteiger partial charge < -0.3 is 9.64 Å². The van der Waals surface area contributed by atoms with Crippen LogP contribution in [-0.4, -0.2) is 29.6 Å². The molecule has 0 fully saturated rings. The SMILES string of the molecule is COC(=O)c1cccc2c1CCN2c1nccc(Cc2cc(C)cc(F)c2)n1. The molecule has 0 radical (unpaired) electrons. The molecule has 0 spiro atoms. The smallest absolute Gasteiger partial charge is 0.338 e. The number of esters is 1. The van der Waals surface area contributed by atoms with Gasteiger partial charge in [-0.2, -0.15) is 0 Å². The van der Waals surface area contributed by atoms with E-state index in [4.69, 9.17) is 4.74 Å². The standard InChI is InChI=1S/C22H20FN3O2/c1-14-10-15(12-16(23)11-14)13-17-6-8-24-22(25-17)26-9-7-18-19(21(27)28-2)4-3-5-20(18)26/h3-6,8,10-12H,7,9,13H2,1-2H3. The van der Waals surface area contributed by atoms with Gasteiger partial charge in [0.2, 0.25) is 5.95 Å². The van der Waals surface area contributed by atoms with E-state index < -0.39 is 0 Å². The number of hydrogen-bond acceptors (Lipinski definition) is 5. The summed E-state index contributed by atoms with van der Waals surface area (Å²) in [7, 11) is 1.38. The second-order valence-electron chi connectivity index (χ2n) is 6.86. The number of fused-ring (bicyclic) bond motifs is 1. The Morgan fingerprint density at radius 2 is 2.11 bits per heavy atom. The second-order valence-corrected chi connectivity index (χ2v) is 6.86. The van der Waals surface area contributed by atoms with Gasteiger partial charge in [0.15, 0.2) is 0 Å². The summed E-state index contributed by atoms with van der Waals surface area (Å²) in [6.45, 7) is 2.56. The minimum Gasteiger partial charge on any atom is -0.465 e. The first-order chi connectivity index (χ1) is 13.5. The lowest BCUT2D eigenvalue weighted by Crippen LogP contribution is -2.17. The summed E-state index contributed by atoms with van der Waals surface area (Å²) in [6.07, 6.45) is 2.96. The zero-order valence-corrected chi connectivity index (χ0v) is 15.8. The third kappa shape index (κ3) is 3.45. The quantitative estimate of drug-likeness (QED) is 0.644. The van der Waals surface area contributed by atoms with Gasteiger partial charge in [0.05, 0.1) is 18.4 Å². The van der Waals surface area contributed by atoms with Crippen LogP contribution in [0.4, 0.5) is 16.0 Å². The van der Waals surface area contributed by atoms with Crippen molar-refractivity contribution in [2.75, 3.05) is 18.6 Å². The third-order valence-electron chi connectivity index (χ3n) is 4.86. The minimum absolute atomic E-state index is 0.243. The lowest BCUT2D eigenvalue weighted by Gasteiger charge is -2.18. The van der Waals surface area contributed by atoms with Crippen LogP contribution in [0.3, 0.4) is 0 Å². The first kappa shape index (κ1) is 18.1. The molecule has 142 valence electrons. The van der Waals surface area contributed by atoms with Crippen molar-refractivity contribution in [1.29, 1.82) is 0 Å². The Morgan fingerprint density at radius 1 is 1.25 bits per heavy atom. The molecule has 3 aromatic rings. The summed E-state index contributed by atoms with van der Waals surface area (Å²) >= 11 is 0. The number of rotatable bonds is 4. The lowest BCUT2D eigenvalue weighted by atomic mass is 10.1. The van der Waals surface area contributed by atoms with E-state index in [1.165, 1.54) is 19.2 Å². The number of methoxy groups -OCH3 is 1. The summed E-state index contributed by atoms with van der Waals surface area (Å²) in [5.41, 5.74) is 5.01. The fourth-order valence-corrected chi connectivity index (χ4v) is 3.68. The number of ether oxygens (including phenoxy) is 1. The van der Waals surface area contributed by atoms with Gasteiger partial charge in [-0.3, -0.25) is 0 Å². The minimum atomic E-state index is -0.338. The molecule has 0 unspecified atom stereocenters. The highest BCUT2D eigenvalue weighted by molar-refractivity contribution is 5.94. The Bertz CT molecular complexity index is 1030. The molecule has 5 nitrogen and oxygen atoms in total. The van der Waals surface area contributed by atoms with Crippen LogP contribution >= 0.6 is 0 Å². The van der Waals surface area contributed by atoms with Crippen molar-refractivity contribution in [3.63, 3.8) is 0 Å². The van der Waals surface area contributed by atoms with E-state index in [9.17, 15) is 9.18 Å². The van der Waals surface area contributed by atoms with Crippen LogP contribution < -0.4 is 4.90 Å². The Labute approximate surface area is 162 Å². The molecule has 0 bridgehead atoms. The molecule has 1 aliphatic rings. The number of halogens is 1. The fraction of sp³-hybridized carbons (Fsp3) is 0.227. The lowest BCUT2D eigenvalue weighted by molar-refractivity contribution is 0.0599. The molecular weight excluding hydrogens is 357 g/mol. The first-order valence-electron chi connectivity index (χ1n) is 9.11. The number of aromatic nitrogens is 2. The van der Waals surface area contributed by atoms with Gasteiger partial charge in [-0.15, -0.1) is 0 Å². The van der Waals surface area contributed by atoms with Crippen molar-refractivity contribution in [2.45, 2.75) is 19.8 Å². The van der Waals surface area contributed by atoms with Crippen LogP contribution in [0.15, 0.2) is 48.7 Å². The molecule has 6 heteroatoms. The number of carbonyl (C=O) groups excluding carboxylic acids is 1.